The van der Waals surface area contributed by atoms with Crippen molar-refractivity contribution in [3.8, 4) is 11.3 Å². The van der Waals surface area contributed by atoms with Crippen LogP contribution in [0.15, 0.2) is 48.5 Å². The lowest BCUT2D eigenvalue weighted by Crippen LogP contribution is -2.44. The number of anilines is 1. The van der Waals surface area contributed by atoms with Crippen molar-refractivity contribution in [1.82, 2.24) is 15.2 Å². The minimum atomic E-state index is -0.878. The van der Waals surface area contributed by atoms with Crippen molar-refractivity contribution in [1.29, 1.82) is 0 Å². The number of aromatic nitrogens is 1. The lowest BCUT2D eigenvalue weighted by Gasteiger charge is -2.26. The standard InChI is InChI=1S/C28H30F2N4O3S/c1-2-9-22(31-23(35)16-18-14-20(29)17-21(30)15-18)26(36)33-28-32-24(19-10-5-3-6-11-19)25(38-28)27(37)34-12-7-4-8-13-34/h3,5-6,10-11,14-15,17,22H,2,4,7-9,12-13,16H2,1H3,(H,31,35)(H,32,33,36)/t22-/m0/s1. The van der Waals surface area contributed by atoms with E-state index >= 15 is 0 Å². The van der Waals surface area contributed by atoms with Crippen LogP contribution in [-0.4, -0.2) is 46.7 Å². The van der Waals surface area contributed by atoms with Crippen LogP contribution in [0.25, 0.3) is 11.3 Å². The van der Waals surface area contributed by atoms with Crippen molar-refractivity contribution in [3.63, 3.8) is 0 Å². The van der Waals surface area contributed by atoms with Crippen molar-refractivity contribution >= 4 is 34.2 Å². The third-order valence-corrected chi connectivity index (χ3v) is 7.22. The SMILES string of the molecule is CCC[C@H](NC(=O)Cc1cc(F)cc(F)c1)C(=O)Nc1nc(-c2ccccc2)c(C(=O)N2CCCCC2)s1. The van der Waals surface area contributed by atoms with E-state index in [1.165, 1.54) is 0 Å². The van der Waals surface area contributed by atoms with Gasteiger partial charge in [-0.3, -0.25) is 14.4 Å². The number of piperidine rings is 1. The molecule has 2 N–H and O–H groups in total. The van der Waals surface area contributed by atoms with E-state index in [4.69, 9.17) is 0 Å². The van der Waals surface area contributed by atoms with Gasteiger partial charge >= 0.3 is 0 Å². The van der Waals surface area contributed by atoms with Gasteiger partial charge in [0.1, 0.15) is 22.6 Å². The monoisotopic (exact) mass is 540 g/mol. The molecule has 0 saturated carbocycles. The van der Waals surface area contributed by atoms with Gasteiger partial charge in [-0.25, -0.2) is 13.8 Å². The molecule has 0 radical (unpaired) electrons. The summed E-state index contributed by atoms with van der Waals surface area (Å²) in [5.74, 6) is -2.67. The molecule has 10 heteroatoms. The van der Waals surface area contributed by atoms with Gasteiger partial charge in [0, 0.05) is 24.7 Å². The summed E-state index contributed by atoms with van der Waals surface area (Å²) >= 11 is 1.11. The quantitative estimate of drug-likeness (QED) is 0.391. The van der Waals surface area contributed by atoms with Crippen LogP contribution >= 0.6 is 11.3 Å². The molecule has 3 aromatic rings. The maximum absolute atomic E-state index is 13.5. The second-order valence-corrected chi connectivity index (χ2v) is 10.3. The Labute approximate surface area is 224 Å². The van der Waals surface area contributed by atoms with Crippen LogP contribution in [0.4, 0.5) is 13.9 Å². The number of likely N-dealkylation sites (tertiary alicyclic amines) is 1. The van der Waals surface area contributed by atoms with Crippen LogP contribution < -0.4 is 10.6 Å². The molecule has 1 saturated heterocycles. The average molecular weight is 541 g/mol. The number of rotatable bonds is 9. The number of hydrogen-bond acceptors (Lipinski definition) is 5. The summed E-state index contributed by atoms with van der Waals surface area (Å²) in [6, 6.07) is 11.3. The van der Waals surface area contributed by atoms with Crippen molar-refractivity contribution in [2.45, 2.75) is 51.5 Å². The molecule has 1 atom stereocenters. The molecule has 0 bridgehead atoms. The fourth-order valence-electron chi connectivity index (χ4n) is 4.44. The molecule has 1 aromatic heterocycles. The highest BCUT2D eigenvalue weighted by Crippen LogP contribution is 2.33. The minimum absolute atomic E-state index is 0.109. The van der Waals surface area contributed by atoms with Crippen molar-refractivity contribution in [2.24, 2.45) is 0 Å². The molecule has 1 aliphatic heterocycles. The lowest BCUT2D eigenvalue weighted by atomic mass is 10.1. The smallest absolute Gasteiger partial charge is 0.266 e. The molecule has 1 fully saturated rings. The number of carbonyl (C=O) groups is 3. The van der Waals surface area contributed by atoms with Gasteiger partial charge in [0.2, 0.25) is 11.8 Å². The molecule has 0 aliphatic carbocycles. The number of carbonyl (C=O) groups excluding carboxylic acids is 3. The van der Waals surface area contributed by atoms with E-state index in [1.807, 2.05) is 42.2 Å². The molecule has 2 aromatic carbocycles. The maximum atomic E-state index is 13.5. The first-order valence-corrected chi connectivity index (χ1v) is 13.6. The Morgan fingerprint density at radius 1 is 1.03 bits per heavy atom. The largest absolute Gasteiger partial charge is 0.344 e. The summed E-state index contributed by atoms with van der Waals surface area (Å²) in [5.41, 5.74) is 1.44. The Morgan fingerprint density at radius 3 is 2.37 bits per heavy atom. The minimum Gasteiger partial charge on any atom is -0.344 e. The highest BCUT2D eigenvalue weighted by molar-refractivity contribution is 7.18. The summed E-state index contributed by atoms with van der Waals surface area (Å²) in [5, 5.41) is 5.69. The molecule has 0 unspecified atom stereocenters. The summed E-state index contributed by atoms with van der Waals surface area (Å²) in [7, 11) is 0. The zero-order chi connectivity index (χ0) is 27.1. The molecule has 0 spiro atoms. The molecular weight excluding hydrogens is 510 g/mol. The van der Waals surface area contributed by atoms with E-state index in [2.05, 4.69) is 15.6 Å². The third-order valence-electron chi connectivity index (χ3n) is 6.26. The Morgan fingerprint density at radius 2 is 1.71 bits per heavy atom. The number of nitrogens with zero attached hydrogens (tertiary/aromatic N) is 2. The van der Waals surface area contributed by atoms with Gasteiger partial charge in [0.25, 0.3) is 5.91 Å². The summed E-state index contributed by atoms with van der Waals surface area (Å²) in [4.78, 5) is 46.0. The van der Waals surface area contributed by atoms with Gasteiger partial charge in [0.05, 0.1) is 12.1 Å². The number of nitrogens with one attached hydrogen (secondary N) is 2. The number of amides is 3. The normalized spacial score (nSPS) is 14.1. The lowest BCUT2D eigenvalue weighted by molar-refractivity contribution is -0.126. The van der Waals surface area contributed by atoms with E-state index in [9.17, 15) is 23.2 Å². The van der Waals surface area contributed by atoms with Crippen LogP contribution in [0.2, 0.25) is 0 Å². The van der Waals surface area contributed by atoms with E-state index in [1.54, 1.807) is 0 Å². The molecule has 2 heterocycles. The molecular formula is C28H30F2N4O3S. The van der Waals surface area contributed by atoms with Crippen LogP contribution in [-0.2, 0) is 16.0 Å². The van der Waals surface area contributed by atoms with E-state index in [-0.39, 0.29) is 23.0 Å². The summed E-state index contributed by atoms with van der Waals surface area (Å²) in [6.07, 6.45) is 3.69. The molecule has 7 nitrogen and oxygen atoms in total. The molecule has 200 valence electrons. The highest BCUT2D eigenvalue weighted by atomic mass is 32.1. The topological polar surface area (TPSA) is 91.4 Å². The Balaban J connectivity index is 1.51. The van der Waals surface area contributed by atoms with Gasteiger partial charge in [0.15, 0.2) is 5.13 Å². The number of benzene rings is 2. The summed E-state index contributed by atoms with van der Waals surface area (Å²) < 4.78 is 27.0. The number of thiazole rings is 1. The fraction of sp³-hybridized carbons (Fsp3) is 0.357. The maximum Gasteiger partial charge on any atom is 0.266 e. The average Bonchev–Trinajstić information content (AvgIpc) is 3.32. The Bertz CT molecular complexity index is 1270. The molecule has 4 rings (SSSR count). The van der Waals surface area contributed by atoms with Crippen LogP contribution in [0.1, 0.15) is 54.3 Å². The van der Waals surface area contributed by atoms with Gasteiger partial charge < -0.3 is 15.5 Å². The van der Waals surface area contributed by atoms with E-state index in [0.717, 1.165) is 54.4 Å². The van der Waals surface area contributed by atoms with E-state index in [0.29, 0.717) is 36.5 Å². The van der Waals surface area contributed by atoms with Gasteiger partial charge in [-0.15, -0.1) is 0 Å². The fourth-order valence-corrected chi connectivity index (χ4v) is 5.40. The molecule has 3 amide bonds. The second-order valence-electron chi connectivity index (χ2n) is 9.27. The first-order valence-electron chi connectivity index (χ1n) is 12.7. The number of halogens is 2. The van der Waals surface area contributed by atoms with Crippen molar-refractivity contribution in [3.05, 3.63) is 70.6 Å². The molecule has 1 aliphatic rings. The Kier molecular flexibility index (Phi) is 9.17. The first kappa shape index (κ1) is 27.4. The van der Waals surface area contributed by atoms with Crippen molar-refractivity contribution < 1.29 is 23.2 Å². The number of hydrogen-bond donors (Lipinski definition) is 2. The van der Waals surface area contributed by atoms with Crippen LogP contribution in [0.5, 0.6) is 0 Å². The summed E-state index contributed by atoms with van der Waals surface area (Å²) in [6.45, 7) is 3.25. The van der Waals surface area contributed by atoms with Gasteiger partial charge in [-0.1, -0.05) is 55.0 Å². The highest BCUT2D eigenvalue weighted by Gasteiger charge is 2.27. The molecule has 38 heavy (non-hydrogen) atoms. The predicted octanol–water partition coefficient (Wildman–Crippen LogP) is 5.18. The van der Waals surface area contributed by atoms with Gasteiger partial charge in [-0.05, 0) is 43.4 Å². The zero-order valence-corrected chi connectivity index (χ0v) is 22.0. The Hall–Kier alpha value is -3.66. The van der Waals surface area contributed by atoms with E-state index < -0.39 is 29.5 Å². The van der Waals surface area contributed by atoms with Gasteiger partial charge in [-0.2, -0.15) is 0 Å². The van der Waals surface area contributed by atoms with Crippen molar-refractivity contribution in [2.75, 3.05) is 18.4 Å². The second kappa shape index (κ2) is 12.7. The van der Waals surface area contributed by atoms with Crippen LogP contribution in [0, 0.1) is 11.6 Å². The van der Waals surface area contributed by atoms with Crippen LogP contribution in [0.3, 0.4) is 0 Å². The first-order chi connectivity index (χ1) is 18.3. The third kappa shape index (κ3) is 7.00. The zero-order valence-electron chi connectivity index (χ0n) is 21.1. The predicted molar refractivity (Wildman–Crippen MR) is 143 cm³/mol.